The number of para-hydroxylation sites is 2. The van der Waals surface area contributed by atoms with Crippen molar-refractivity contribution in [3.05, 3.63) is 108 Å². The summed E-state index contributed by atoms with van der Waals surface area (Å²) in [7, 11) is -2.37. The summed E-state index contributed by atoms with van der Waals surface area (Å²) in [5.74, 6) is -0.364. The maximum absolute atomic E-state index is 13.2. The zero-order valence-electron chi connectivity index (χ0n) is 18.3. The average molecular weight is 461 g/mol. The number of benzene rings is 3. The van der Waals surface area contributed by atoms with Gasteiger partial charge in [0.2, 0.25) is 0 Å². The molecule has 0 bridgehead atoms. The Morgan fingerprint density at radius 3 is 2.42 bits per heavy atom. The van der Waals surface area contributed by atoms with E-state index in [1.807, 2.05) is 42.0 Å². The minimum Gasteiger partial charge on any atom is -0.348 e. The van der Waals surface area contributed by atoms with Crippen LogP contribution in [0.2, 0.25) is 0 Å². The number of anilines is 1. The molecule has 0 spiro atoms. The number of nitrogens with zero attached hydrogens (tertiary/aromatic N) is 3. The van der Waals surface area contributed by atoms with Gasteiger partial charge in [-0.05, 0) is 42.8 Å². The molecular weight excluding hydrogens is 436 g/mol. The number of nitrogens with one attached hydrogen (secondary N) is 1. The number of aryl methyl sites for hydroxylation is 1. The van der Waals surface area contributed by atoms with E-state index in [1.165, 1.54) is 7.05 Å². The van der Waals surface area contributed by atoms with E-state index in [2.05, 4.69) is 10.3 Å². The highest BCUT2D eigenvalue weighted by Gasteiger charge is 2.25. The summed E-state index contributed by atoms with van der Waals surface area (Å²) in [6.45, 7) is 2.17. The third kappa shape index (κ3) is 4.65. The number of imidazole rings is 1. The minimum absolute atomic E-state index is 0.167. The predicted octanol–water partition coefficient (Wildman–Crippen LogP) is 3.94. The zero-order valence-corrected chi connectivity index (χ0v) is 19.2. The molecule has 0 saturated heterocycles. The minimum atomic E-state index is -3.83. The maximum atomic E-state index is 13.2. The van der Waals surface area contributed by atoms with E-state index in [4.69, 9.17) is 0 Å². The van der Waals surface area contributed by atoms with Gasteiger partial charge in [0.25, 0.3) is 15.9 Å². The van der Waals surface area contributed by atoms with Gasteiger partial charge in [-0.1, -0.05) is 48.0 Å². The number of carbonyl (C=O) groups excluding carboxylic acids is 1. The van der Waals surface area contributed by atoms with E-state index in [0.29, 0.717) is 5.69 Å². The fourth-order valence-electron chi connectivity index (χ4n) is 3.52. The first kappa shape index (κ1) is 22.3. The monoisotopic (exact) mass is 460 g/mol. The molecule has 168 valence electrons. The molecule has 1 heterocycles. The molecule has 0 radical (unpaired) electrons. The molecule has 1 N–H and O–H groups in total. The molecule has 8 heteroatoms. The van der Waals surface area contributed by atoms with Crippen LogP contribution in [0, 0.1) is 6.92 Å². The summed E-state index contributed by atoms with van der Waals surface area (Å²) in [5, 5.41) is 2.92. The first-order valence-corrected chi connectivity index (χ1v) is 11.8. The van der Waals surface area contributed by atoms with Crippen LogP contribution >= 0.6 is 0 Å². The predicted molar refractivity (Wildman–Crippen MR) is 128 cm³/mol. The molecule has 3 aromatic carbocycles. The zero-order chi connectivity index (χ0) is 23.4. The van der Waals surface area contributed by atoms with Gasteiger partial charge in [-0.15, -0.1) is 0 Å². The van der Waals surface area contributed by atoms with E-state index < -0.39 is 10.0 Å². The summed E-state index contributed by atoms with van der Waals surface area (Å²) in [6.07, 6.45) is 5.22. The number of aromatic nitrogens is 2. The number of carbonyl (C=O) groups is 1. The summed E-state index contributed by atoms with van der Waals surface area (Å²) < 4.78 is 29.3. The number of hydrogen-bond donors (Lipinski definition) is 1. The largest absolute Gasteiger partial charge is 0.348 e. The lowest BCUT2D eigenvalue weighted by Crippen LogP contribution is -2.30. The Bertz CT molecular complexity index is 1370. The molecule has 0 atom stereocenters. The van der Waals surface area contributed by atoms with Crippen molar-refractivity contribution in [2.45, 2.75) is 18.4 Å². The van der Waals surface area contributed by atoms with Crippen LogP contribution in [0.3, 0.4) is 0 Å². The normalized spacial score (nSPS) is 11.2. The fraction of sp³-hybridized carbons (Fsp3) is 0.120. The number of sulfonamides is 1. The van der Waals surface area contributed by atoms with Crippen molar-refractivity contribution in [2.24, 2.45) is 0 Å². The smallest absolute Gasteiger partial charge is 0.264 e. The Labute approximate surface area is 193 Å². The molecular formula is C25H24N4O3S. The summed E-state index contributed by atoms with van der Waals surface area (Å²) >= 11 is 0. The van der Waals surface area contributed by atoms with Gasteiger partial charge in [-0.2, -0.15) is 0 Å². The third-order valence-electron chi connectivity index (χ3n) is 5.38. The van der Waals surface area contributed by atoms with Gasteiger partial charge in [0.05, 0.1) is 28.2 Å². The number of amides is 1. The first-order chi connectivity index (χ1) is 15.9. The number of hydrogen-bond acceptors (Lipinski definition) is 4. The van der Waals surface area contributed by atoms with Crippen molar-refractivity contribution in [3.8, 4) is 5.69 Å². The Hall–Kier alpha value is -3.91. The van der Waals surface area contributed by atoms with Crippen LogP contribution in [0.1, 0.15) is 21.5 Å². The SMILES string of the molecule is Cc1ccc(S(=O)(=O)N(C)c2ccccc2C(=O)NCc2ccccc2-n2ccnc2)cc1. The molecule has 33 heavy (non-hydrogen) atoms. The fourth-order valence-corrected chi connectivity index (χ4v) is 4.74. The van der Waals surface area contributed by atoms with Gasteiger partial charge >= 0.3 is 0 Å². The highest BCUT2D eigenvalue weighted by atomic mass is 32.2. The molecule has 4 aromatic rings. The van der Waals surface area contributed by atoms with Crippen LogP contribution in [0.15, 0.2) is 96.4 Å². The van der Waals surface area contributed by atoms with Crippen molar-refractivity contribution in [1.82, 2.24) is 14.9 Å². The maximum Gasteiger partial charge on any atom is 0.264 e. The first-order valence-electron chi connectivity index (χ1n) is 10.4. The highest BCUT2D eigenvalue weighted by molar-refractivity contribution is 7.92. The highest BCUT2D eigenvalue weighted by Crippen LogP contribution is 2.26. The van der Waals surface area contributed by atoms with Crippen LogP contribution in [-0.4, -0.2) is 30.9 Å². The molecule has 1 amide bonds. The van der Waals surface area contributed by atoms with Crippen LogP contribution in [-0.2, 0) is 16.6 Å². The quantitative estimate of drug-likeness (QED) is 0.453. The second kappa shape index (κ2) is 9.30. The van der Waals surface area contributed by atoms with Crippen molar-refractivity contribution >= 4 is 21.6 Å². The van der Waals surface area contributed by atoms with Gasteiger partial charge in [0, 0.05) is 26.0 Å². The Kier molecular flexibility index (Phi) is 6.28. The standard InChI is InChI=1S/C25H24N4O3S/c1-19-11-13-21(14-12-19)33(31,32)28(2)24-10-6-4-8-22(24)25(30)27-17-20-7-3-5-9-23(20)29-16-15-26-18-29/h3-16,18H,17H2,1-2H3,(H,27,30). The molecule has 7 nitrogen and oxygen atoms in total. The van der Waals surface area contributed by atoms with Crippen LogP contribution in [0.4, 0.5) is 5.69 Å². The lowest BCUT2D eigenvalue weighted by atomic mass is 10.1. The van der Waals surface area contributed by atoms with E-state index in [1.54, 1.807) is 61.1 Å². The Morgan fingerprint density at radius 1 is 1.00 bits per heavy atom. The van der Waals surface area contributed by atoms with E-state index in [-0.39, 0.29) is 22.9 Å². The van der Waals surface area contributed by atoms with E-state index in [0.717, 1.165) is 21.1 Å². The summed E-state index contributed by atoms with van der Waals surface area (Å²) in [5.41, 5.74) is 3.35. The van der Waals surface area contributed by atoms with Gasteiger partial charge < -0.3 is 9.88 Å². The molecule has 0 fully saturated rings. The van der Waals surface area contributed by atoms with Gasteiger partial charge in [-0.3, -0.25) is 9.10 Å². The lowest BCUT2D eigenvalue weighted by Gasteiger charge is -2.22. The molecule has 0 aliphatic rings. The summed E-state index contributed by atoms with van der Waals surface area (Å²) in [4.78, 5) is 17.3. The van der Waals surface area contributed by atoms with Crippen molar-refractivity contribution in [3.63, 3.8) is 0 Å². The van der Waals surface area contributed by atoms with E-state index in [9.17, 15) is 13.2 Å². The molecule has 1 aromatic heterocycles. The number of rotatable bonds is 7. The van der Waals surface area contributed by atoms with Crippen molar-refractivity contribution in [1.29, 1.82) is 0 Å². The Morgan fingerprint density at radius 2 is 1.70 bits per heavy atom. The second-order valence-electron chi connectivity index (χ2n) is 7.58. The van der Waals surface area contributed by atoms with Crippen LogP contribution in [0.25, 0.3) is 5.69 Å². The van der Waals surface area contributed by atoms with Gasteiger partial charge in [-0.25, -0.2) is 13.4 Å². The average Bonchev–Trinajstić information content (AvgIpc) is 3.37. The third-order valence-corrected chi connectivity index (χ3v) is 7.17. The second-order valence-corrected chi connectivity index (χ2v) is 9.55. The van der Waals surface area contributed by atoms with Gasteiger partial charge in [0.1, 0.15) is 0 Å². The Balaban J connectivity index is 1.58. The van der Waals surface area contributed by atoms with Crippen LogP contribution < -0.4 is 9.62 Å². The van der Waals surface area contributed by atoms with Crippen molar-refractivity contribution < 1.29 is 13.2 Å². The molecule has 4 rings (SSSR count). The molecule has 0 aliphatic heterocycles. The van der Waals surface area contributed by atoms with E-state index >= 15 is 0 Å². The molecule has 0 unspecified atom stereocenters. The van der Waals surface area contributed by atoms with Crippen LogP contribution in [0.5, 0.6) is 0 Å². The van der Waals surface area contributed by atoms with Crippen molar-refractivity contribution in [2.75, 3.05) is 11.4 Å². The molecule has 0 aliphatic carbocycles. The topological polar surface area (TPSA) is 84.3 Å². The lowest BCUT2D eigenvalue weighted by molar-refractivity contribution is 0.0951. The summed E-state index contributed by atoms with van der Waals surface area (Å²) in [6, 6.07) is 21.0. The van der Waals surface area contributed by atoms with Gasteiger partial charge in [0.15, 0.2) is 0 Å². The molecule has 0 saturated carbocycles.